The van der Waals surface area contributed by atoms with E-state index >= 15 is 0 Å². The van der Waals surface area contributed by atoms with Gasteiger partial charge in [0.15, 0.2) is 0 Å². The van der Waals surface area contributed by atoms with E-state index in [-0.39, 0.29) is 5.41 Å². The van der Waals surface area contributed by atoms with E-state index in [1.54, 1.807) is 0 Å². The number of hydrogen-bond acceptors (Lipinski definition) is 2. The molecule has 2 heteroatoms. The standard InChI is InChI=1S/C7H13O2/c1-4-9-6-7(2,3)5-8/h5H,1,4,6H2,2-3H3. The molecule has 0 aliphatic heterocycles. The van der Waals surface area contributed by atoms with Crippen molar-refractivity contribution < 1.29 is 9.53 Å². The lowest BCUT2D eigenvalue weighted by Crippen LogP contribution is -2.20. The second-order valence-corrected chi connectivity index (χ2v) is 2.66. The second-order valence-electron chi connectivity index (χ2n) is 2.66. The molecule has 0 aromatic heterocycles. The average Bonchev–Trinajstić information content (AvgIpc) is 1.84. The van der Waals surface area contributed by atoms with Crippen LogP contribution < -0.4 is 0 Å². The van der Waals surface area contributed by atoms with Crippen LogP contribution in [0.25, 0.3) is 0 Å². The van der Waals surface area contributed by atoms with Gasteiger partial charge in [-0.2, -0.15) is 0 Å². The van der Waals surface area contributed by atoms with E-state index in [9.17, 15) is 4.79 Å². The second kappa shape index (κ2) is 3.62. The highest BCUT2D eigenvalue weighted by molar-refractivity contribution is 5.57. The molecule has 0 bridgehead atoms. The van der Waals surface area contributed by atoms with Gasteiger partial charge < -0.3 is 9.53 Å². The third kappa shape index (κ3) is 4.15. The lowest BCUT2D eigenvalue weighted by Gasteiger charge is -2.14. The number of carbonyl (C=O) groups is 1. The van der Waals surface area contributed by atoms with Gasteiger partial charge in [0.05, 0.1) is 6.61 Å². The van der Waals surface area contributed by atoms with Crippen molar-refractivity contribution in [2.24, 2.45) is 5.41 Å². The Morgan fingerprint density at radius 1 is 1.67 bits per heavy atom. The van der Waals surface area contributed by atoms with Crippen molar-refractivity contribution in [1.82, 2.24) is 0 Å². The molecule has 0 heterocycles. The summed E-state index contributed by atoms with van der Waals surface area (Å²) >= 11 is 0. The minimum Gasteiger partial charge on any atom is -0.380 e. The van der Waals surface area contributed by atoms with Crippen LogP contribution >= 0.6 is 0 Å². The van der Waals surface area contributed by atoms with Crippen LogP contribution in [0.3, 0.4) is 0 Å². The van der Waals surface area contributed by atoms with Crippen LogP contribution in [0.2, 0.25) is 0 Å². The zero-order chi connectivity index (χ0) is 7.33. The van der Waals surface area contributed by atoms with Crippen molar-refractivity contribution in [1.29, 1.82) is 0 Å². The highest BCUT2D eigenvalue weighted by Gasteiger charge is 2.15. The van der Waals surface area contributed by atoms with Gasteiger partial charge in [-0.25, -0.2) is 0 Å². The van der Waals surface area contributed by atoms with E-state index < -0.39 is 0 Å². The van der Waals surface area contributed by atoms with Crippen LogP contribution in [0.5, 0.6) is 0 Å². The Kier molecular flexibility index (Phi) is 3.47. The minimum atomic E-state index is -0.350. The monoisotopic (exact) mass is 129 g/mol. The Bertz CT molecular complexity index is 86.9. The van der Waals surface area contributed by atoms with E-state index in [4.69, 9.17) is 4.74 Å². The summed E-state index contributed by atoms with van der Waals surface area (Å²) in [5, 5.41) is 0. The molecule has 0 rings (SSSR count). The van der Waals surface area contributed by atoms with Crippen LogP contribution in [-0.4, -0.2) is 19.5 Å². The highest BCUT2D eigenvalue weighted by Crippen LogP contribution is 2.09. The van der Waals surface area contributed by atoms with Crippen molar-refractivity contribution in [2.45, 2.75) is 13.8 Å². The fraction of sp³-hybridized carbons (Fsp3) is 0.714. The molecule has 0 aliphatic rings. The third-order valence-electron chi connectivity index (χ3n) is 0.937. The predicted octanol–water partition coefficient (Wildman–Crippen LogP) is 1.06. The first-order valence-electron chi connectivity index (χ1n) is 2.96. The molecule has 0 N–H and O–H groups in total. The zero-order valence-electron chi connectivity index (χ0n) is 6.02. The first kappa shape index (κ1) is 8.63. The van der Waals surface area contributed by atoms with Crippen molar-refractivity contribution >= 4 is 6.29 Å². The summed E-state index contributed by atoms with van der Waals surface area (Å²) in [6, 6.07) is 0. The number of rotatable bonds is 4. The van der Waals surface area contributed by atoms with E-state index in [1.807, 2.05) is 13.8 Å². The smallest absolute Gasteiger partial charge is 0.127 e. The Labute approximate surface area is 56.2 Å². The summed E-state index contributed by atoms with van der Waals surface area (Å²) in [5.74, 6) is 0. The van der Waals surface area contributed by atoms with Crippen LogP contribution in [-0.2, 0) is 9.53 Å². The molecule has 2 nitrogen and oxygen atoms in total. The minimum absolute atomic E-state index is 0.350. The van der Waals surface area contributed by atoms with Crippen molar-refractivity contribution in [2.75, 3.05) is 13.2 Å². The maximum atomic E-state index is 10.2. The molecule has 0 aromatic carbocycles. The molecule has 9 heavy (non-hydrogen) atoms. The molecule has 1 radical (unpaired) electrons. The van der Waals surface area contributed by atoms with E-state index in [0.717, 1.165) is 6.29 Å². The van der Waals surface area contributed by atoms with Gasteiger partial charge in [0.2, 0.25) is 0 Å². The van der Waals surface area contributed by atoms with Gasteiger partial charge in [0.1, 0.15) is 6.29 Å². The van der Waals surface area contributed by atoms with Crippen LogP contribution in [0, 0.1) is 12.3 Å². The molecular weight excluding hydrogens is 116 g/mol. The fourth-order valence-corrected chi connectivity index (χ4v) is 0.369. The van der Waals surface area contributed by atoms with Crippen molar-refractivity contribution in [3.05, 3.63) is 6.92 Å². The van der Waals surface area contributed by atoms with Gasteiger partial charge in [0, 0.05) is 12.0 Å². The number of carbonyl (C=O) groups excluding carboxylic acids is 1. The van der Waals surface area contributed by atoms with Gasteiger partial charge in [-0.15, -0.1) is 0 Å². The van der Waals surface area contributed by atoms with Crippen LogP contribution in [0.1, 0.15) is 13.8 Å². The molecule has 0 atom stereocenters. The van der Waals surface area contributed by atoms with Gasteiger partial charge in [-0.3, -0.25) is 0 Å². The van der Waals surface area contributed by atoms with E-state index in [2.05, 4.69) is 6.92 Å². The summed E-state index contributed by atoms with van der Waals surface area (Å²) in [6.45, 7) is 8.03. The van der Waals surface area contributed by atoms with Crippen molar-refractivity contribution in [3.63, 3.8) is 0 Å². The first-order chi connectivity index (χ1) is 4.12. The van der Waals surface area contributed by atoms with Crippen LogP contribution in [0.4, 0.5) is 0 Å². The van der Waals surface area contributed by atoms with Gasteiger partial charge >= 0.3 is 0 Å². The Hall–Kier alpha value is -0.370. The van der Waals surface area contributed by atoms with Gasteiger partial charge in [0.25, 0.3) is 0 Å². The van der Waals surface area contributed by atoms with Gasteiger partial charge in [-0.1, -0.05) is 13.8 Å². The zero-order valence-corrected chi connectivity index (χ0v) is 6.02. The number of aldehydes is 1. The predicted molar refractivity (Wildman–Crippen MR) is 36.0 cm³/mol. The maximum absolute atomic E-state index is 10.2. The van der Waals surface area contributed by atoms with E-state index in [0.29, 0.717) is 13.2 Å². The molecule has 0 fully saturated rings. The molecule has 53 valence electrons. The normalized spacial score (nSPS) is 11.4. The molecule has 0 unspecified atom stereocenters. The van der Waals surface area contributed by atoms with Gasteiger partial charge in [-0.05, 0) is 6.92 Å². The number of hydrogen-bond donors (Lipinski definition) is 0. The SMILES string of the molecule is [CH2]COCC(C)(C)C=O. The molecular formula is C7H13O2. The van der Waals surface area contributed by atoms with Crippen molar-refractivity contribution in [3.8, 4) is 0 Å². The Morgan fingerprint density at radius 3 is 2.56 bits per heavy atom. The Morgan fingerprint density at radius 2 is 2.22 bits per heavy atom. The molecule has 0 saturated heterocycles. The lowest BCUT2D eigenvalue weighted by molar-refractivity contribution is -0.117. The molecule has 0 aliphatic carbocycles. The Balaban J connectivity index is 3.45. The molecule has 0 aromatic rings. The maximum Gasteiger partial charge on any atom is 0.127 e. The fourth-order valence-electron chi connectivity index (χ4n) is 0.369. The van der Waals surface area contributed by atoms with Crippen LogP contribution in [0.15, 0.2) is 0 Å². The summed E-state index contributed by atoms with van der Waals surface area (Å²) in [5.41, 5.74) is -0.350. The first-order valence-corrected chi connectivity index (χ1v) is 2.96. The molecule has 0 amide bonds. The summed E-state index contributed by atoms with van der Waals surface area (Å²) in [4.78, 5) is 10.2. The largest absolute Gasteiger partial charge is 0.380 e. The highest BCUT2D eigenvalue weighted by atomic mass is 16.5. The number of ether oxygens (including phenoxy) is 1. The average molecular weight is 129 g/mol. The quantitative estimate of drug-likeness (QED) is 0.530. The summed E-state index contributed by atoms with van der Waals surface area (Å²) < 4.78 is 4.95. The van der Waals surface area contributed by atoms with E-state index in [1.165, 1.54) is 0 Å². The lowest BCUT2D eigenvalue weighted by atomic mass is 9.98. The summed E-state index contributed by atoms with van der Waals surface area (Å²) in [7, 11) is 0. The topological polar surface area (TPSA) is 26.3 Å². The molecule has 0 spiro atoms. The third-order valence-corrected chi connectivity index (χ3v) is 0.937. The summed E-state index contributed by atoms with van der Waals surface area (Å²) in [6.07, 6.45) is 0.892. The molecule has 0 saturated carbocycles.